The summed E-state index contributed by atoms with van der Waals surface area (Å²) in [6.07, 6.45) is 2.05. The molecule has 1 saturated heterocycles. The maximum absolute atomic E-state index is 11.9. The first-order valence-corrected chi connectivity index (χ1v) is 8.66. The number of amides is 1. The number of alkyl carbamates (subject to hydrolysis) is 1. The van der Waals surface area contributed by atoms with Crippen molar-refractivity contribution in [2.24, 2.45) is 0 Å². The maximum atomic E-state index is 11.9. The molecule has 0 spiro atoms. The number of anilines is 2. The molecule has 0 bridgehead atoms. The normalized spacial score (nSPS) is 17.5. The van der Waals surface area contributed by atoms with Crippen molar-refractivity contribution in [2.75, 3.05) is 43.6 Å². The van der Waals surface area contributed by atoms with E-state index in [0.29, 0.717) is 30.5 Å². The quantitative estimate of drug-likeness (QED) is 0.741. The molecule has 2 rings (SSSR count). The van der Waals surface area contributed by atoms with E-state index in [-0.39, 0.29) is 6.04 Å². The molecule has 1 aliphatic heterocycles. The first-order valence-electron chi connectivity index (χ1n) is 8.28. The Kier molecular flexibility index (Phi) is 6.66. The van der Waals surface area contributed by atoms with Crippen LogP contribution in [-0.4, -0.2) is 61.3 Å². The minimum atomic E-state index is -0.510. The smallest absolute Gasteiger partial charge is 0.407 e. The minimum Gasteiger partial charge on any atom is -0.444 e. The van der Waals surface area contributed by atoms with Crippen LogP contribution in [0.25, 0.3) is 0 Å². The van der Waals surface area contributed by atoms with Gasteiger partial charge in [0.05, 0.1) is 24.5 Å². The summed E-state index contributed by atoms with van der Waals surface area (Å²) in [5.74, 6) is 0.528. The summed E-state index contributed by atoms with van der Waals surface area (Å²) in [5, 5.41) is 14.6. The van der Waals surface area contributed by atoms with Crippen molar-refractivity contribution in [3.05, 3.63) is 11.2 Å². The molecule has 25 heavy (non-hydrogen) atoms. The molecule has 1 unspecified atom stereocenters. The van der Waals surface area contributed by atoms with Crippen molar-refractivity contribution in [3.63, 3.8) is 0 Å². The monoisotopic (exact) mass is 371 g/mol. The zero-order valence-electron chi connectivity index (χ0n) is 15.1. The molecule has 0 saturated carbocycles. The van der Waals surface area contributed by atoms with Gasteiger partial charge >= 0.3 is 6.09 Å². The fourth-order valence-corrected chi connectivity index (χ4v) is 2.81. The number of methoxy groups -OCH3 is 1. The van der Waals surface area contributed by atoms with Crippen molar-refractivity contribution >= 4 is 29.2 Å². The number of rotatable bonds is 6. The molecule has 1 aliphatic rings. The fraction of sp³-hybridized carbons (Fsp3) is 0.688. The molecule has 0 aliphatic carbocycles. The Morgan fingerprint density at radius 1 is 1.48 bits per heavy atom. The summed E-state index contributed by atoms with van der Waals surface area (Å²) < 4.78 is 10.3. The highest BCUT2D eigenvalue weighted by Crippen LogP contribution is 2.32. The predicted octanol–water partition coefficient (Wildman–Crippen LogP) is 2.29. The minimum absolute atomic E-state index is 0.00369. The highest BCUT2D eigenvalue weighted by Gasteiger charge is 2.28. The number of nitrogens with zero attached hydrogens (tertiary/aromatic N) is 3. The van der Waals surface area contributed by atoms with E-state index >= 15 is 0 Å². The maximum Gasteiger partial charge on any atom is 0.407 e. The molecule has 1 fully saturated rings. The van der Waals surface area contributed by atoms with Crippen molar-refractivity contribution in [3.8, 4) is 0 Å². The Hall–Kier alpha value is -1.80. The Morgan fingerprint density at radius 2 is 2.24 bits per heavy atom. The van der Waals surface area contributed by atoms with E-state index in [9.17, 15) is 4.79 Å². The molecular formula is C16H26ClN5O3. The second-order valence-electron chi connectivity index (χ2n) is 6.89. The van der Waals surface area contributed by atoms with Gasteiger partial charge in [0.1, 0.15) is 10.6 Å². The number of aromatic nitrogens is 2. The van der Waals surface area contributed by atoms with Gasteiger partial charge in [-0.15, -0.1) is 5.10 Å². The highest BCUT2D eigenvalue weighted by molar-refractivity contribution is 6.35. The van der Waals surface area contributed by atoms with Crippen LogP contribution in [0.4, 0.5) is 16.3 Å². The molecular weight excluding hydrogens is 346 g/mol. The molecule has 1 atom stereocenters. The molecule has 0 aromatic carbocycles. The number of nitrogens with one attached hydrogen (secondary N) is 2. The van der Waals surface area contributed by atoms with Crippen LogP contribution in [0.3, 0.4) is 0 Å². The molecule has 1 amide bonds. The number of hydrogen-bond acceptors (Lipinski definition) is 7. The van der Waals surface area contributed by atoms with Crippen LogP contribution in [0, 0.1) is 0 Å². The number of carbonyl (C=O) groups excluding carboxylic acids is 1. The van der Waals surface area contributed by atoms with Crippen LogP contribution in [0.15, 0.2) is 6.20 Å². The number of halogens is 1. The first-order chi connectivity index (χ1) is 11.8. The SMILES string of the molecule is COCCNc1nncc(N2CCC(NC(=O)OC(C)(C)C)C2)c1Cl. The molecule has 1 aromatic heterocycles. The zero-order chi connectivity index (χ0) is 18.4. The lowest BCUT2D eigenvalue weighted by molar-refractivity contribution is 0.0509. The molecule has 9 heteroatoms. The third kappa shape index (κ3) is 5.89. The van der Waals surface area contributed by atoms with E-state index in [1.165, 1.54) is 0 Å². The lowest BCUT2D eigenvalue weighted by Crippen LogP contribution is -2.40. The van der Waals surface area contributed by atoms with Crippen LogP contribution in [0.2, 0.25) is 5.02 Å². The van der Waals surface area contributed by atoms with Crippen molar-refractivity contribution in [1.82, 2.24) is 15.5 Å². The number of ether oxygens (including phenoxy) is 2. The Balaban J connectivity index is 1.95. The average molecular weight is 372 g/mol. The van der Waals surface area contributed by atoms with E-state index in [4.69, 9.17) is 21.1 Å². The van der Waals surface area contributed by atoms with Crippen LogP contribution in [0.5, 0.6) is 0 Å². The van der Waals surface area contributed by atoms with Gasteiger partial charge in [0, 0.05) is 26.7 Å². The van der Waals surface area contributed by atoms with Gasteiger partial charge in [-0.1, -0.05) is 11.6 Å². The predicted molar refractivity (Wildman–Crippen MR) is 97.4 cm³/mol. The van der Waals surface area contributed by atoms with Gasteiger partial charge in [-0.25, -0.2) is 4.79 Å². The van der Waals surface area contributed by atoms with Crippen LogP contribution in [-0.2, 0) is 9.47 Å². The second-order valence-corrected chi connectivity index (χ2v) is 7.27. The molecule has 140 valence electrons. The number of carbonyl (C=O) groups is 1. The Bertz CT molecular complexity index is 594. The van der Waals surface area contributed by atoms with Gasteiger partial charge in [0.15, 0.2) is 5.82 Å². The summed E-state index contributed by atoms with van der Waals surface area (Å²) in [4.78, 5) is 14.0. The Labute approximate surface area is 153 Å². The zero-order valence-corrected chi connectivity index (χ0v) is 15.9. The van der Waals surface area contributed by atoms with E-state index < -0.39 is 11.7 Å². The van der Waals surface area contributed by atoms with Gasteiger partial charge in [-0.2, -0.15) is 5.10 Å². The lowest BCUT2D eigenvalue weighted by Gasteiger charge is -2.23. The highest BCUT2D eigenvalue weighted by atomic mass is 35.5. The molecule has 8 nitrogen and oxygen atoms in total. The largest absolute Gasteiger partial charge is 0.444 e. The standard InChI is InChI=1S/C16H26ClN5O3/c1-16(2,3)25-15(23)20-11-5-7-22(10-11)12-9-19-21-14(13(12)17)18-6-8-24-4/h9,11H,5-8,10H2,1-4H3,(H,18,21)(H,20,23). The summed E-state index contributed by atoms with van der Waals surface area (Å²) >= 11 is 6.45. The third-order valence-electron chi connectivity index (χ3n) is 3.62. The first kappa shape index (κ1) is 19.5. The Morgan fingerprint density at radius 3 is 2.92 bits per heavy atom. The van der Waals surface area contributed by atoms with Crippen molar-refractivity contribution in [2.45, 2.75) is 38.8 Å². The van der Waals surface area contributed by atoms with Crippen LogP contribution >= 0.6 is 11.6 Å². The summed E-state index contributed by atoms with van der Waals surface area (Å²) in [6.45, 7) is 8.08. The van der Waals surface area contributed by atoms with Crippen LogP contribution < -0.4 is 15.5 Å². The summed E-state index contributed by atoms with van der Waals surface area (Å²) in [7, 11) is 1.63. The van der Waals surface area contributed by atoms with Gasteiger partial charge < -0.3 is 25.0 Å². The number of hydrogen-bond donors (Lipinski definition) is 2. The fourth-order valence-electron chi connectivity index (χ4n) is 2.54. The average Bonchev–Trinajstić information content (AvgIpc) is 2.95. The van der Waals surface area contributed by atoms with E-state index in [1.54, 1.807) is 13.3 Å². The van der Waals surface area contributed by atoms with Crippen molar-refractivity contribution < 1.29 is 14.3 Å². The van der Waals surface area contributed by atoms with E-state index in [1.807, 2.05) is 20.8 Å². The van der Waals surface area contributed by atoms with E-state index in [0.717, 1.165) is 18.7 Å². The topological polar surface area (TPSA) is 88.6 Å². The summed E-state index contributed by atoms with van der Waals surface area (Å²) in [5.41, 5.74) is 0.286. The van der Waals surface area contributed by atoms with Crippen molar-refractivity contribution in [1.29, 1.82) is 0 Å². The second kappa shape index (κ2) is 8.53. The lowest BCUT2D eigenvalue weighted by atomic mass is 10.2. The van der Waals surface area contributed by atoms with Crippen LogP contribution in [0.1, 0.15) is 27.2 Å². The van der Waals surface area contributed by atoms with E-state index in [2.05, 4.69) is 25.7 Å². The third-order valence-corrected chi connectivity index (χ3v) is 3.99. The molecule has 2 heterocycles. The van der Waals surface area contributed by atoms with Gasteiger partial charge in [0.2, 0.25) is 0 Å². The van der Waals surface area contributed by atoms with Gasteiger partial charge in [0.25, 0.3) is 0 Å². The summed E-state index contributed by atoms with van der Waals surface area (Å²) in [6, 6.07) is 0.00369. The van der Waals surface area contributed by atoms with Gasteiger partial charge in [-0.3, -0.25) is 0 Å². The molecule has 0 radical (unpaired) electrons. The van der Waals surface area contributed by atoms with Gasteiger partial charge in [-0.05, 0) is 27.2 Å². The molecule has 2 N–H and O–H groups in total. The molecule has 1 aromatic rings.